The Hall–Kier alpha value is -0.760. The number of amides is 1. The third kappa shape index (κ3) is 57.0. The molecule has 3 N–H and O–H groups in total. The van der Waals surface area contributed by atoms with Gasteiger partial charge in [-0.05, 0) is 38.5 Å². The van der Waals surface area contributed by atoms with Crippen molar-refractivity contribution in [3.05, 3.63) is 12.2 Å². The molecule has 0 radical (unpaired) electrons. The van der Waals surface area contributed by atoms with Gasteiger partial charge in [0.25, 0.3) is 0 Å². The number of hydrogen-bond donors (Lipinski definition) is 3. The third-order valence-electron chi connectivity index (χ3n) is 15.0. The number of aliphatic hydroxyl groups excluding tert-OH is 1. The van der Waals surface area contributed by atoms with E-state index in [1.807, 2.05) is 21.1 Å². The molecule has 72 heavy (non-hydrogen) atoms. The van der Waals surface area contributed by atoms with Crippen LogP contribution in [0, 0.1) is 0 Å². The summed E-state index contributed by atoms with van der Waals surface area (Å²) in [4.78, 5) is 23.4. The fourth-order valence-corrected chi connectivity index (χ4v) is 10.7. The quantitative estimate of drug-likeness (QED) is 0.0243. The number of allylic oxidation sites excluding steroid dienone is 2. The number of phosphoric ester groups is 1. The lowest BCUT2D eigenvalue weighted by molar-refractivity contribution is -0.870. The van der Waals surface area contributed by atoms with E-state index in [2.05, 4.69) is 31.3 Å². The summed E-state index contributed by atoms with van der Waals surface area (Å²) in [5.74, 6) is -0.137. The second-order valence-corrected chi connectivity index (χ2v) is 25.0. The second-order valence-electron chi connectivity index (χ2n) is 23.5. The SMILES string of the molecule is CCCCCCCCCCCCCC/C=C\CCCCCCCCCCCCCCCCCCCC(=O)NC(COP(=O)(O)OCC[N+](C)(C)C)C(O)CCCCCCCCCCCCCCCCCCC. The minimum absolute atomic E-state index is 0.0780. The van der Waals surface area contributed by atoms with Crippen molar-refractivity contribution in [2.75, 3.05) is 40.9 Å². The number of nitrogens with one attached hydrogen (secondary N) is 1. The Morgan fingerprint density at radius 2 is 0.750 bits per heavy atom. The van der Waals surface area contributed by atoms with E-state index in [9.17, 15) is 19.4 Å². The van der Waals surface area contributed by atoms with Gasteiger partial charge in [0.15, 0.2) is 0 Å². The molecular weight excluding hydrogens is 912 g/mol. The van der Waals surface area contributed by atoms with Gasteiger partial charge < -0.3 is 19.8 Å². The van der Waals surface area contributed by atoms with E-state index in [1.165, 1.54) is 270 Å². The monoisotopic (exact) mass is 1040 g/mol. The minimum Gasteiger partial charge on any atom is -0.391 e. The summed E-state index contributed by atoms with van der Waals surface area (Å²) in [7, 11) is 1.63. The van der Waals surface area contributed by atoms with Gasteiger partial charge in [0, 0.05) is 6.42 Å². The lowest BCUT2D eigenvalue weighted by Crippen LogP contribution is -2.46. The average molecular weight is 1040 g/mol. The first-order valence-electron chi connectivity index (χ1n) is 32.1. The number of unbranched alkanes of at least 4 members (excludes halogenated alkanes) is 45. The molecule has 0 spiro atoms. The fraction of sp³-hybridized carbons (Fsp3) is 0.952. The van der Waals surface area contributed by atoms with Crippen molar-refractivity contribution in [1.82, 2.24) is 5.32 Å². The number of carbonyl (C=O) groups is 1. The van der Waals surface area contributed by atoms with Crippen LogP contribution < -0.4 is 5.32 Å². The van der Waals surface area contributed by atoms with Crippen LogP contribution in [0.25, 0.3) is 0 Å². The number of likely N-dealkylation sites (N-methyl/N-ethyl adjacent to an activating group) is 1. The van der Waals surface area contributed by atoms with E-state index in [0.29, 0.717) is 23.9 Å². The van der Waals surface area contributed by atoms with Gasteiger partial charge in [-0.3, -0.25) is 13.8 Å². The standard InChI is InChI=1S/C63H127N2O6P/c1-6-8-10-12-14-16-18-20-22-24-25-26-27-28-29-30-31-32-33-34-35-36-37-38-39-41-43-45-47-49-51-53-55-57-63(67)64-61(60-71-72(68,69)70-59-58-65(3,4)5)62(66)56-54-52-50-48-46-44-42-40-23-21-19-17-15-13-11-9-7-2/h28-29,61-62,66H,6-27,30-60H2,1-5H3,(H-,64,67,68,69)/p+1/b29-28-. The summed E-state index contributed by atoms with van der Waals surface area (Å²) in [5, 5.41) is 14.1. The molecule has 0 saturated heterocycles. The lowest BCUT2D eigenvalue weighted by atomic mass is 10.0. The zero-order chi connectivity index (χ0) is 52.7. The summed E-state index contributed by atoms with van der Waals surface area (Å²) in [6, 6.07) is -0.757. The number of aliphatic hydroxyl groups is 1. The van der Waals surface area contributed by atoms with Gasteiger partial charge >= 0.3 is 7.82 Å². The highest BCUT2D eigenvalue weighted by Gasteiger charge is 2.28. The van der Waals surface area contributed by atoms with Gasteiger partial charge in [0.05, 0.1) is 39.9 Å². The highest BCUT2D eigenvalue weighted by atomic mass is 31.2. The summed E-state index contributed by atoms with van der Waals surface area (Å²) in [5.41, 5.74) is 0. The van der Waals surface area contributed by atoms with Crippen molar-refractivity contribution in [2.45, 2.75) is 347 Å². The molecule has 0 aliphatic rings. The molecule has 0 bridgehead atoms. The van der Waals surface area contributed by atoms with Crippen molar-refractivity contribution in [1.29, 1.82) is 0 Å². The highest BCUT2D eigenvalue weighted by molar-refractivity contribution is 7.47. The van der Waals surface area contributed by atoms with Crippen LogP contribution in [0.5, 0.6) is 0 Å². The number of rotatable bonds is 60. The number of carbonyl (C=O) groups excluding carboxylic acids is 1. The number of hydrogen-bond acceptors (Lipinski definition) is 5. The van der Waals surface area contributed by atoms with Crippen molar-refractivity contribution < 1.29 is 32.9 Å². The summed E-state index contributed by atoms with van der Waals surface area (Å²) >= 11 is 0. The molecule has 0 heterocycles. The molecule has 0 aromatic carbocycles. The zero-order valence-corrected chi connectivity index (χ0v) is 50.1. The third-order valence-corrected chi connectivity index (χ3v) is 16.0. The normalized spacial score (nSPS) is 13.8. The molecular formula is C63H128N2O6P+. The van der Waals surface area contributed by atoms with Crippen LogP contribution in [0.1, 0.15) is 335 Å². The molecule has 1 amide bonds. The molecule has 0 aliphatic carbocycles. The maximum atomic E-state index is 13.0. The fourth-order valence-electron chi connectivity index (χ4n) is 9.99. The number of quaternary nitrogens is 1. The smallest absolute Gasteiger partial charge is 0.391 e. The second kappa shape index (κ2) is 55.0. The molecule has 0 rings (SSSR count). The first-order valence-corrected chi connectivity index (χ1v) is 33.5. The lowest BCUT2D eigenvalue weighted by Gasteiger charge is -2.26. The summed E-state index contributed by atoms with van der Waals surface area (Å²) < 4.78 is 23.8. The van der Waals surface area contributed by atoms with Crippen LogP contribution in [0.2, 0.25) is 0 Å². The molecule has 0 aliphatic heterocycles. The average Bonchev–Trinajstić information content (AvgIpc) is 3.34. The Kier molecular flexibility index (Phi) is 54.4. The first kappa shape index (κ1) is 71.2. The Morgan fingerprint density at radius 3 is 1.07 bits per heavy atom. The Balaban J connectivity index is 3.97. The summed E-state index contributed by atoms with van der Waals surface area (Å²) in [6.45, 7) is 4.94. The molecule has 0 saturated carbocycles. The van der Waals surface area contributed by atoms with Crippen molar-refractivity contribution in [3.8, 4) is 0 Å². The maximum absolute atomic E-state index is 13.0. The van der Waals surface area contributed by atoms with Crippen molar-refractivity contribution in [3.63, 3.8) is 0 Å². The summed E-state index contributed by atoms with van der Waals surface area (Å²) in [6.07, 6.45) is 68.7. The Labute approximate surface area is 450 Å². The Bertz CT molecular complexity index is 1180. The van der Waals surface area contributed by atoms with Gasteiger partial charge in [0.2, 0.25) is 5.91 Å². The molecule has 0 fully saturated rings. The van der Waals surface area contributed by atoms with Crippen molar-refractivity contribution >= 4 is 13.7 Å². The van der Waals surface area contributed by atoms with Crippen LogP contribution >= 0.6 is 7.82 Å². The molecule has 3 unspecified atom stereocenters. The van der Waals surface area contributed by atoms with Crippen LogP contribution in [-0.2, 0) is 18.4 Å². The molecule has 9 heteroatoms. The van der Waals surface area contributed by atoms with E-state index in [0.717, 1.165) is 38.5 Å². The van der Waals surface area contributed by atoms with Gasteiger partial charge in [-0.2, -0.15) is 0 Å². The van der Waals surface area contributed by atoms with Gasteiger partial charge in [0.1, 0.15) is 13.2 Å². The van der Waals surface area contributed by atoms with Crippen LogP contribution in [0.4, 0.5) is 0 Å². The molecule has 430 valence electrons. The molecule has 0 aromatic heterocycles. The van der Waals surface area contributed by atoms with Gasteiger partial charge in [-0.15, -0.1) is 0 Å². The van der Waals surface area contributed by atoms with Gasteiger partial charge in [-0.1, -0.05) is 302 Å². The first-order chi connectivity index (χ1) is 35.0. The van der Waals surface area contributed by atoms with E-state index in [1.54, 1.807) is 0 Å². The molecule has 3 atom stereocenters. The predicted octanol–water partition coefficient (Wildman–Crippen LogP) is 19.8. The van der Waals surface area contributed by atoms with E-state index in [4.69, 9.17) is 9.05 Å². The van der Waals surface area contributed by atoms with E-state index >= 15 is 0 Å². The van der Waals surface area contributed by atoms with Crippen molar-refractivity contribution in [2.24, 2.45) is 0 Å². The van der Waals surface area contributed by atoms with Crippen LogP contribution in [0.15, 0.2) is 12.2 Å². The van der Waals surface area contributed by atoms with E-state index in [-0.39, 0.29) is 19.1 Å². The largest absolute Gasteiger partial charge is 0.472 e. The highest BCUT2D eigenvalue weighted by Crippen LogP contribution is 2.43. The number of phosphoric acid groups is 1. The van der Waals surface area contributed by atoms with E-state index < -0.39 is 20.0 Å². The minimum atomic E-state index is -4.32. The molecule has 0 aromatic rings. The predicted molar refractivity (Wildman–Crippen MR) is 314 cm³/mol. The topological polar surface area (TPSA) is 105 Å². The van der Waals surface area contributed by atoms with Crippen LogP contribution in [-0.4, -0.2) is 73.4 Å². The zero-order valence-electron chi connectivity index (χ0n) is 49.2. The van der Waals surface area contributed by atoms with Crippen LogP contribution in [0.3, 0.4) is 0 Å². The molecule has 8 nitrogen and oxygen atoms in total. The number of nitrogens with zero attached hydrogens (tertiary/aromatic N) is 1. The van der Waals surface area contributed by atoms with Gasteiger partial charge in [-0.25, -0.2) is 4.57 Å². The maximum Gasteiger partial charge on any atom is 0.472 e. The Morgan fingerprint density at radius 1 is 0.458 bits per heavy atom.